The first-order chi connectivity index (χ1) is 13.1. The Morgan fingerprint density at radius 1 is 1.19 bits per heavy atom. The number of benzene rings is 2. The molecule has 0 aliphatic rings. The normalized spacial score (nSPS) is 10.6. The summed E-state index contributed by atoms with van der Waals surface area (Å²) in [4.78, 5) is 16.5. The Kier molecular flexibility index (Phi) is 6.20. The SMILES string of the molecule is CCOc1ccc(CC(=O)NCCc2nc(-c3cccc(C)c3)no2)cc1. The van der Waals surface area contributed by atoms with Gasteiger partial charge in [0.1, 0.15) is 5.75 Å². The molecule has 0 saturated heterocycles. The van der Waals surface area contributed by atoms with E-state index in [9.17, 15) is 4.79 Å². The van der Waals surface area contributed by atoms with Crippen LogP contribution in [0.25, 0.3) is 11.4 Å². The Hall–Kier alpha value is -3.15. The second-order valence-electron chi connectivity index (χ2n) is 6.23. The smallest absolute Gasteiger partial charge is 0.228 e. The van der Waals surface area contributed by atoms with Crippen LogP contribution < -0.4 is 10.1 Å². The summed E-state index contributed by atoms with van der Waals surface area (Å²) >= 11 is 0. The lowest BCUT2D eigenvalue weighted by molar-refractivity contribution is -0.120. The Labute approximate surface area is 158 Å². The Morgan fingerprint density at radius 3 is 2.74 bits per heavy atom. The van der Waals surface area contributed by atoms with Crippen LogP contribution in [0.4, 0.5) is 0 Å². The van der Waals surface area contributed by atoms with Crippen LogP contribution in [-0.4, -0.2) is 29.2 Å². The molecular weight excluding hydrogens is 342 g/mol. The van der Waals surface area contributed by atoms with Crippen LogP contribution in [0.15, 0.2) is 53.1 Å². The molecule has 3 rings (SSSR count). The number of nitrogens with one attached hydrogen (secondary N) is 1. The summed E-state index contributed by atoms with van der Waals surface area (Å²) in [5.74, 6) is 1.84. The van der Waals surface area contributed by atoms with Crippen molar-refractivity contribution >= 4 is 5.91 Å². The van der Waals surface area contributed by atoms with Crippen molar-refractivity contribution in [2.75, 3.05) is 13.2 Å². The van der Waals surface area contributed by atoms with E-state index in [1.165, 1.54) is 0 Å². The lowest BCUT2D eigenvalue weighted by Crippen LogP contribution is -2.27. The Morgan fingerprint density at radius 2 is 2.00 bits per heavy atom. The largest absolute Gasteiger partial charge is 0.494 e. The van der Waals surface area contributed by atoms with Crippen molar-refractivity contribution in [3.05, 3.63) is 65.5 Å². The third-order valence-electron chi connectivity index (χ3n) is 4.00. The molecule has 0 aliphatic carbocycles. The number of aromatic nitrogens is 2. The molecule has 6 heteroatoms. The number of carbonyl (C=O) groups excluding carboxylic acids is 1. The maximum absolute atomic E-state index is 12.1. The molecule has 6 nitrogen and oxygen atoms in total. The van der Waals surface area contributed by atoms with Gasteiger partial charge in [0.2, 0.25) is 17.6 Å². The summed E-state index contributed by atoms with van der Waals surface area (Å²) in [5, 5.41) is 6.89. The molecule has 0 fully saturated rings. The van der Waals surface area contributed by atoms with Gasteiger partial charge in [-0.25, -0.2) is 0 Å². The Balaban J connectivity index is 1.46. The Bertz CT molecular complexity index is 888. The third kappa shape index (κ3) is 5.41. The molecule has 0 atom stereocenters. The number of ether oxygens (including phenoxy) is 1. The fourth-order valence-electron chi connectivity index (χ4n) is 2.68. The van der Waals surface area contributed by atoms with Gasteiger partial charge in [0, 0.05) is 18.5 Å². The molecule has 0 radical (unpaired) electrons. The van der Waals surface area contributed by atoms with Crippen molar-refractivity contribution in [3.63, 3.8) is 0 Å². The van der Waals surface area contributed by atoms with E-state index in [-0.39, 0.29) is 5.91 Å². The van der Waals surface area contributed by atoms with Crippen molar-refractivity contribution < 1.29 is 14.1 Å². The summed E-state index contributed by atoms with van der Waals surface area (Å²) < 4.78 is 10.7. The minimum Gasteiger partial charge on any atom is -0.494 e. The topological polar surface area (TPSA) is 77.2 Å². The van der Waals surface area contributed by atoms with Crippen molar-refractivity contribution in [3.8, 4) is 17.1 Å². The van der Waals surface area contributed by atoms with Crippen LogP contribution in [0.3, 0.4) is 0 Å². The van der Waals surface area contributed by atoms with E-state index in [2.05, 4.69) is 15.5 Å². The number of amides is 1. The van der Waals surface area contributed by atoms with Gasteiger partial charge < -0.3 is 14.6 Å². The van der Waals surface area contributed by atoms with Crippen molar-refractivity contribution in [1.29, 1.82) is 0 Å². The van der Waals surface area contributed by atoms with Crippen LogP contribution in [0.5, 0.6) is 5.75 Å². The lowest BCUT2D eigenvalue weighted by Gasteiger charge is -2.06. The zero-order chi connectivity index (χ0) is 19.1. The van der Waals surface area contributed by atoms with Crippen LogP contribution in [0.2, 0.25) is 0 Å². The molecule has 1 N–H and O–H groups in total. The highest BCUT2D eigenvalue weighted by atomic mass is 16.5. The molecule has 0 unspecified atom stereocenters. The highest BCUT2D eigenvalue weighted by molar-refractivity contribution is 5.78. The highest BCUT2D eigenvalue weighted by Crippen LogP contribution is 2.17. The summed E-state index contributed by atoms with van der Waals surface area (Å²) in [6.45, 7) is 5.03. The molecule has 0 spiro atoms. The van der Waals surface area contributed by atoms with E-state index in [4.69, 9.17) is 9.26 Å². The van der Waals surface area contributed by atoms with Gasteiger partial charge in [-0.3, -0.25) is 4.79 Å². The summed E-state index contributed by atoms with van der Waals surface area (Å²) in [6.07, 6.45) is 0.818. The maximum atomic E-state index is 12.1. The number of hydrogen-bond acceptors (Lipinski definition) is 5. The monoisotopic (exact) mass is 365 g/mol. The summed E-state index contributed by atoms with van der Waals surface area (Å²) in [7, 11) is 0. The van der Waals surface area contributed by atoms with Gasteiger partial charge in [0.15, 0.2) is 0 Å². The van der Waals surface area contributed by atoms with Crippen LogP contribution in [-0.2, 0) is 17.6 Å². The quantitative estimate of drug-likeness (QED) is 0.662. The maximum Gasteiger partial charge on any atom is 0.228 e. The number of nitrogens with zero attached hydrogens (tertiary/aromatic N) is 2. The van der Waals surface area contributed by atoms with Gasteiger partial charge >= 0.3 is 0 Å². The zero-order valence-corrected chi connectivity index (χ0v) is 15.6. The minimum absolute atomic E-state index is 0.0439. The molecule has 0 saturated carbocycles. The van der Waals surface area contributed by atoms with Crippen molar-refractivity contribution in [2.45, 2.75) is 26.7 Å². The van der Waals surface area contributed by atoms with Crippen LogP contribution in [0, 0.1) is 6.92 Å². The predicted molar refractivity (Wildman–Crippen MR) is 102 cm³/mol. The molecule has 0 bridgehead atoms. The molecule has 1 aromatic heterocycles. The van der Waals surface area contributed by atoms with E-state index in [0.717, 1.165) is 22.4 Å². The van der Waals surface area contributed by atoms with E-state index >= 15 is 0 Å². The molecule has 0 aliphatic heterocycles. The number of rotatable bonds is 8. The predicted octanol–water partition coefficient (Wildman–Crippen LogP) is 3.35. The number of hydrogen-bond donors (Lipinski definition) is 1. The summed E-state index contributed by atoms with van der Waals surface area (Å²) in [5.41, 5.74) is 3.00. The second-order valence-corrected chi connectivity index (χ2v) is 6.23. The fourth-order valence-corrected chi connectivity index (χ4v) is 2.68. The highest BCUT2D eigenvalue weighted by Gasteiger charge is 2.09. The first-order valence-electron chi connectivity index (χ1n) is 9.02. The van der Waals surface area contributed by atoms with Gasteiger partial charge in [-0.15, -0.1) is 0 Å². The average molecular weight is 365 g/mol. The van der Waals surface area contributed by atoms with Crippen molar-refractivity contribution in [1.82, 2.24) is 15.5 Å². The molecule has 1 heterocycles. The van der Waals surface area contributed by atoms with Crippen LogP contribution in [0.1, 0.15) is 23.9 Å². The third-order valence-corrected chi connectivity index (χ3v) is 4.00. The zero-order valence-electron chi connectivity index (χ0n) is 15.6. The first-order valence-corrected chi connectivity index (χ1v) is 9.02. The van der Waals surface area contributed by atoms with E-state index in [0.29, 0.717) is 37.7 Å². The number of carbonyl (C=O) groups is 1. The first kappa shape index (κ1) is 18.6. The standard InChI is InChI=1S/C21H23N3O3/c1-3-26-18-9-7-16(8-10-18)14-19(25)22-12-11-20-23-21(24-27-20)17-6-4-5-15(2)13-17/h4-10,13H,3,11-12,14H2,1-2H3,(H,22,25). The molecular formula is C21H23N3O3. The molecule has 140 valence electrons. The molecule has 1 amide bonds. The number of aryl methyl sites for hydroxylation is 1. The van der Waals surface area contributed by atoms with Crippen molar-refractivity contribution in [2.24, 2.45) is 0 Å². The van der Waals surface area contributed by atoms with E-state index < -0.39 is 0 Å². The van der Waals surface area contributed by atoms with Gasteiger partial charge in [0.25, 0.3) is 0 Å². The van der Waals surface area contributed by atoms with E-state index in [1.807, 2.05) is 62.4 Å². The molecule has 2 aromatic carbocycles. The van der Waals surface area contributed by atoms with E-state index in [1.54, 1.807) is 0 Å². The minimum atomic E-state index is -0.0439. The average Bonchev–Trinajstić information content (AvgIpc) is 3.13. The molecule has 3 aromatic rings. The van der Waals surface area contributed by atoms with Gasteiger partial charge in [-0.05, 0) is 37.6 Å². The second kappa shape index (κ2) is 8.98. The van der Waals surface area contributed by atoms with Gasteiger partial charge in [0.05, 0.1) is 13.0 Å². The van der Waals surface area contributed by atoms with Gasteiger partial charge in [-0.1, -0.05) is 41.1 Å². The summed E-state index contributed by atoms with van der Waals surface area (Å²) in [6, 6.07) is 15.5. The fraction of sp³-hybridized carbons (Fsp3) is 0.286. The molecule has 27 heavy (non-hydrogen) atoms. The lowest BCUT2D eigenvalue weighted by atomic mass is 10.1. The van der Waals surface area contributed by atoms with Gasteiger partial charge in [-0.2, -0.15) is 4.98 Å². The van der Waals surface area contributed by atoms with Crippen LogP contribution >= 0.6 is 0 Å².